The Balaban J connectivity index is 1.91. The number of thiophene rings is 1. The third kappa shape index (κ3) is 4.04. The Morgan fingerprint density at radius 1 is 1.32 bits per heavy atom. The monoisotopic (exact) mass is 281 g/mol. The largest absolute Gasteiger partial charge is 0.396 e. The molecular weight excluding hydrogens is 254 g/mol. The van der Waals surface area contributed by atoms with E-state index in [0.29, 0.717) is 30.4 Å². The number of nitrogens with one attached hydrogen (secondary N) is 1. The molecule has 108 valence electrons. The van der Waals surface area contributed by atoms with Gasteiger partial charge in [0.15, 0.2) is 0 Å². The van der Waals surface area contributed by atoms with Crippen molar-refractivity contribution in [3.8, 4) is 0 Å². The summed E-state index contributed by atoms with van der Waals surface area (Å²) >= 11 is 1.84. The smallest absolute Gasteiger partial charge is 0.0462 e. The van der Waals surface area contributed by atoms with Crippen LogP contribution in [0.5, 0.6) is 0 Å². The topological polar surface area (TPSA) is 32.3 Å². The van der Waals surface area contributed by atoms with Crippen molar-refractivity contribution in [3.05, 3.63) is 22.4 Å². The highest BCUT2D eigenvalue weighted by atomic mass is 32.1. The van der Waals surface area contributed by atoms with Crippen molar-refractivity contribution >= 4 is 11.3 Å². The van der Waals surface area contributed by atoms with Crippen molar-refractivity contribution in [1.82, 2.24) is 5.32 Å². The second-order valence-corrected chi connectivity index (χ2v) is 7.11. The van der Waals surface area contributed by atoms with E-state index in [1.807, 2.05) is 11.3 Å². The lowest BCUT2D eigenvalue weighted by Gasteiger charge is -2.32. The first kappa shape index (κ1) is 15.0. The van der Waals surface area contributed by atoms with Gasteiger partial charge in [0, 0.05) is 17.5 Å². The fraction of sp³-hybridized carbons (Fsp3) is 0.750. The Morgan fingerprint density at radius 2 is 2.05 bits per heavy atom. The second-order valence-electron chi connectivity index (χ2n) is 6.13. The number of hydrogen-bond donors (Lipinski definition) is 2. The van der Waals surface area contributed by atoms with Crippen molar-refractivity contribution < 1.29 is 5.11 Å². The first-order valence-electron chi connectivity index (χ1n) is 7.60. The molecule has 3 unspecified atom stereocenters. The molecular formula is C16H27NOS. The minimum Gasteiger partial charge on any atom is -0.396 e. The van der Waals surface area contributed by atoms with Gasteiger partial charge in [-0.05, 0) is 48.6 Å². The fourth-order valence-corrected chi connectivity index (χ4v) is 4.18. The molecule has 0 aromatic carbocycles. The second kappa shape index (κ2) is 7.41. The van der Waals surface area contributed by atoms with Crippen LogP contribution in [-0.2, 0) is 0 Å². The lowest BCUT2D eigenvalue weighted by Crippen LogP contribution is -2.35. The number of rotatable bonds is 6. The third-order valence-electron chi connectivity index (χ3n) is 4.42. The summed E-state index contributed by atoms with van der Waals surface area (Å²) in [5.41, 5.74) is 0. The van der Waals surface area contributed by atoms with Gasteiger partial charge in [0.25, 0.3) is 0 Å². The Labute approximate surface area is 121 Å². The Bertz CT molecular complexity index is 350. The first-order chi connectivity index (χ1) is 9.22. The molecule has 19 heavy (non-hydrogen) atoms. The lowest BCUT2D eigenvalue weighted by molar-refractivity contribution is 0.129. The van der Waals surface area contributed by atoms with Crippen LogP contribution in [0.1, 0.15) is 50.4 Å². The highest BCUT2D eigenvalue weighted by Gasteiger charge is 2.26. The maximum Gasteiger partial charge on any atom is 0.0462 e. The number of aliphatic hydroxyl groups is 1. The van der Waals surface area contributed by atoms with Crippen molar-refractivity contribution in [2.45, 2.75) is 45.6 Å². The van der Waals surface area contributed by atoms with E-state index in [4.69, 9.17) is 0 Å². The molecule has 1 heterocycles. The van der Waals surface area contributed by atoms with Crippen molar-refractivity contribution in [1.29, 1.82) is 0 Å². The van der Waals surface area contributed by atoms with Crippen LogP contribution in [0.4, 0.5) is 0 Å². The van der Waals surface area contributed by atoms with Gasteiger partial charge in [0.1, 0.15) is 0 Å². The van der Waals surface area contributed by atoms with Crippen LogP contribution in [-0.4, -0.2) is 18.3 Å². The fourth-order valence-electron chi connectivity index (χ4n) is 3.20. The van der Waals surface area contributed by atoms with Gasteiger partial charge in [0.05, 0.1) is 0 Å². The molecule has 1 aromatic heterocycles. The summed E-state index contributed by atoms with van der Waals surface area (Å²) in [6.45, 7) is 5.97. The van der Waals surface area contributed by atoms with E-state index in [9.17, 15) is 5.11 Å². The van der Waals surface area contributed by atoms with Crippen LogP contribution < -0.4 is 5.32 Å². The molecule has 3 heteroatoms. The first-order valence-corrected chi connectivity index (χ1v) is 8.48. The Hall–Kier alpha value is -0.380. The standard InChI is InChI=1S/C16H27NOS/c1-12(2)16(15-8-5-9-19-15)17-10-13-6-3-4-7-14(13)11-18/h5,8-9,12-14,16-18H,3-4,6-7,10-11H2,1-2H3. The van der Waals surface area contributed by atoms with Crippen molar-refractivity contribution in [2.24, 2.45) is 17.8 Å². The third-order valence-corrected chi connectivity index (χ3v) is 5.37. The molecule has 0 radical (unpaired) electrons. The molecule has 1 fully saturated rings. The van der Waals surface area contributed by atoms with Gasteiger partial charge >= 0.3 is 0 Å². The number of hydrogen-bond acceptors (Lipinski definition) is 3. The van der Waals surface area contributed by atoms with Crippen LogP contribution >= 0.6 is 11.3 Å². The summed E-state index contributed by atoms with van der Waals surface area (Å²) in [5.74, 6) is 1.77. The predicted molar refractivity (Wildman–Crippen MR) is 82.4 cm³/mol. The van der Waals surface area contributed by atoms with Gasteiger partial charge in [-0.3, -0.25) is 0 Å². The molecule has 0 saturated heterocycles. The summed E-state index contributed by atoms with van der Waals surface area (Å²) < 4.78 is 0. The van der Waals surface area contributed by atoms with E-state index in [1.165, 1.54) is 30.6 Å². The minimum atomic E-state index is 0.359. The number of aliphatic hydroxyl groups excluding tert-OH is 1. The molecule has 0 bridgehead atoms. The molecule has 3 atom stereocenters. The summed E-state index contributed by atoms with van der Waals surface area (Å²) in [5, 5.41) is 15.4. The van der Waals surface area contributed by atoms with Gasteiger partial charge in [0.2, 0.25) is 0 Å². The van der Waals surface area contributed by atoms with Crippen LogP contribution in [0.3, 0.4) is 0 Å². The van der Waals surface area contributed by atoms with Gasteiger partial charge in [-0.15, -0.1) is 11.3 Å². The average Bonchev–Trinajstić information content (AvgIpc) is 2.93. The molecule has 2 rings (SSSR count). The van der Waals surface area contributed by atoms with Crippen LogP contribution in [0.25, 0.3) is 0 Å². The maximum atomic E-state index is 9.49. The van der Waals surface area contributed by atoms with Crippen molar-refractivity contribution in [2.75, 3.05) is 13.2 Å². The summed E-state index contributed by atoms with van der Waals surface area (Å²) in [6, 6.07) is 4.82. The Morgan fingerprint density at radius 3 is 2.63 bits per heavy atom. The highest BCUT2D eigenvalue weighted by Crippen LogP contribution is 2.31. The molecule has 1 aliphatic carbocycles. The quantitative estimate of drug-likeness (QED) is 0.830. The SMILES string of the molecule is CC(C)C(NCC1CCCCC1CO)c1cccs1. The van der Waals surface area contributed by atoms with Crippen LogP contribution in [0.2, 0.25) is 0 Å². The van der Waals surface area contributed by atoms with E-state index < -0.39 is 0 Å². The molecule has 2 N–H and O–H groups in total. The van der Waals surface area contributed by atoms with Gasteiger partial charge in [-0.2, -0.15) is 0 Å². The van der Waals surface area contributed by atoms with Crippen LogP contribution in [0.15, 0.2) is 17.5 Å². The molecule has 1 saturated carbocycles. The minimum absolute atomic E-state index is 0.359. The summed E-state index contributed by atoms with van der Waals surface area (Å²) in [6.07, 6.45) is 5.09. The summed E-state index contributed by atoms with van der Waals surface area (Å²) in [7, 11) is 0. The zero-order chi connectivity index (χ0) is 13.7. The Kier molecular flexibility index (Phi) is 5.86. The van der Waals surface area contributed by atoms with E-state index in [-0.39, 0.29) is 0 Å². The van der Waals surface area contributed by atoms with Gasteiger partial charge in [-0.25, -0.2) is 0 Å². The van der Waals surface area contributed by atoms with E-state index >= 15 is 0 Å². The molecule has 0 spiro atoms. The van der Waals surface area contributed by atoms with Crippen molar-refractivity contribution in [3.63, 3.8) is 0 Å². The maximum absolute atomic E-state index is 9.49. The zero-order valence-corrected chi connectivity index (χ0v) is 13.0. The lowest BCUT2D eigenvalue weighted by atomic mass is 9.79. The normalized spacial score (nSPS) is 25.7. The van der Waals surface area contributed by atoms with E-state index in [2.05, 4.69) is 36.7 Å². The molecule has 1 aliphatic rings. The molecule has 0 amide bonds. The predicted octanol–water partition coefficient (Wildman–Crippen LogP) is 3.83. The highest BCUT2D eigenvalue weighted by molar-refractivity contribution is 7.10. The van der Waals surface area contributed by atoms with Gasteiger partial charge in [-0.1, -0.05) is 32.8 Å². The van der Waals surface area contributed by atoms with Crippen LogP contribution in [0, 0.1) is 17.8 Å². The van der Waals surface area contributed by atoms with Gasteiger partial charge < -0.3 is 10.4 Å². The molecule has 1 aromatic rings. The zero-order valence-electron chi connectivity index (χ0n) is 12.1. The van der Waals surface area contributed by atoms with E-state index in [0.717, 1.165) is 6.54 Å². The summed E-state index contributed by atoms with van der Waals surface area (Å²) in [4.78, 5) is 1.44. The van der Waals surface area contributed by atoms with E-state index in [1.54, 1.807) is 0 Å². The molecule has 2 nitrogen and oxygen atoms in total. The molecule has 0 aliphatic heterocycles. The average molecular weight is 281 g/mol.